The van der Waals surface area contributed by atoms with E-state index < -0.39 is 23.6 Å². The van der Waals surface area contributed by atoms with Crippen LogP contribution in [0.25, 0.3) is 10.4 Å². The van der Waals surface area contributed by atoms with Crippen molar-refractivity contribution in [2.75, 3.05) is 63.8 Å². The SMILES string of the molecule is Cc1ncsc1-c1ccc([C@H](C)NC(=O)[C@@H]2C[C@@H](O)CN2C(=O)[C@@H](NC(=O)CN2CCN(CC3CCN(c4ccc(C(=O)N[C@H]5C(C)(C)[C@H](Oc6ccc(C#N)c(Cl)c6)C5(C)C)cn4)CC3)CC2)C(C)(C)C)cc1. The molecular weight excluding hydrogens is 976 g/mol. The highest BCUT2D eigenvalue weighted by Gasteiger charge is 2.64. The molecule has 3 saturated heterocycles. The largest absolute Gasteiger partial charge is 0.489 e. The van der Waals surface area contributed by atoms with Crippen molar-refractivity contribution >= 4 is 52.4 Å². The summed E-state index contributed by atoms with van der Waals surface area (Å²) in [7, 11) is 0. The summed E-state index contributed by atoms with van der Waals surface area (Å²) >= 11 is 7.85. The summed E-state index contributed by atoms with van der Waals surface area (Å²) in [5.74, 6) is 0.833. The van der Waals surface area contributed by atoms with E-state index in [-0.39, 0.29) is 72.2 Å². The van der Waals surface area contributed by atoms with Gasteiger partial charge in [-0.25, -0.2) is 9.97 Å². The van der Waals surface area contributed by atoms with Gasteiger partial charge >= 0.3 is 0 Å². The van der Waals surface area contributed by atoms with Crippen molar-refractivity contribution in [1.82, 2.24) is 40.6 Å². The number of hydrogen-bond donors (Lipinski definition) is 4. The Bertz CT molecular complexity index is 2690. The van der Waals surface area contributed by atoms with Crippen LogP contribution >= 0.6 is 22.9 Å². The molecule has 396 valence electrons. The van der Waals surface area contributed by atoms with Crippen molar-refractivity contribution in [3.63, 3.8) is 0 Å². The fourth-order valence-corrected chi connectivity index (χ4v) is 12.8. The molecular formula is C56H73ClN10O6S. The second kappa shape index (κ2) is 22.3. The van der Waals surface area contributed by atoms with E-state index in [0.717, 1.165) is 86.2 Å². The molecule has 4 amide bonds. The first-order valence-corrected chi connectivity index (χ1v) is 27.2. The number of nitriles is 1. The minimum absolute atomic E-state index is 0.0139. The topological polar surface area (TPSA) is 196 Å². The summed E-state index contributed by atoms with van der Waals surface area (Å²) in [5, 5.41) is 29.7. The van der Waals surface area contributed by atoms with Crippen LogP contribution in [0.15, 0.2) is 66.3 Å². The number of nitrogens with one attached hydrogen (secondary N) is 3. The van der Waals surface area contributed by atoms with Gasteiger partial charge in [-0.05, 0) is 73.4 Å². The number of aromatic nitrogens is 2. The number of amides is 4. The molecule has 0 spiro atoms. The lowest BCUT2D eigenvalue weighted by atomic mass is 9.49. The molecule has 16 nitrogen and oxygen atoms in total. The summed E-state index contributed by atoms with van der Waals surface area (Å²) in [6.07, 6.45) is 2.77. The van der Waals surface area contributed by atoms with E-state index in [9.17, 15) is 29.5 Å². The number of piperidine rings is 1. The van der Waals surface area contributed by atoms with Gasteiger partial charge in [-0.1, -0.05) is 84.3 Å². The zero-order valence-electron chi connectivity index (χ0n) is 44.3. The number of aliphatic hydroxyl groups is 1. The van der Waals surface area contributed by atoms with Crippen LogP contribution in [-0.2, 0) is 14.4 Å². The van der Waals surface area contributed by atoms with E-state index in [1.54, 1.807) is 35.7 Å². The fraction of sp³-hybridized carbons (Fsp3) is 0.554. The number of hydrogen-bond acceptors (Lipinski definition) is 13. The zero-order chi connectivity index (χ0) is 53.3. The number of β-amino-alcohol motifs (C(OH)–C–C–N with tert-alkyl or cyclic N) is 1. The maximum atomic E-state index is 14.3. The molecule has 74 heavy (non-hydrogen) atoms. The monoisotopic (exact) mass is 1050 g/mol. The highest BCUT2D eigenvalue weighted by Crippen LogP contribution is 2.55. The van der Waals surface area contributed by atoms with E-state index in [1.807, 2.05) is 76.5 Å². The number of piperazine rings is 1. The quantitative estimate of drug-likeness (QED) is 0.0968. The normalized spacial score (nSPS) is 23.0. The summed E-state index contributed by atoms with van der Waals surface area (Å²) in [4.78, 5) is 73.8. The maximum absolute atomic E-state index is 14.3. The van der Waals surface area contributed by atoms with Crippen LogP contribution in [-0.4, -0.2) is 143 Å². The van der Waals surface area contributed by atoms with Gasteiger partial charge in [0.05, 0.1) is 50.9 Å². The van der Waals surface area contributed by atoms with Gasteiger partial charge in [-0.2, -0.15) is 5.26 Å². The number of likely N-dealkylation sites (tertiary alicyclic amines) is 1. The van der Waals surface area contributed by atoms with E-state index in [2.05, 4.69) is 69.4 Å². The average Bonchev–Trinajstić information content (AvgIpc) is 3.99. The lowest BCUT2D eigenvalue weighted by molar-refractivity contribution is -0.164. The number of thiazole rings is 1. The molecule has 2 aromatic carbocycles. The van der Waals surface area contributed by atoms with Crippen molar-refractivity contribution < 1.29 is 29.0 Å². The fourth-order valence-electron chi connectivity index (χ4n) is 11.8. The van der Waals surface area contributed by atoms with Gasteiger partial charge in [0.15, 0.2) is 0 Å². The molecule has 18 heteroatoms. The molecule has 4 aromatic rings. The van der Waals surface area contributed by atoms with Crippen molar-refractivity contribution in [2.45, 2.75) is 118 Å². The third-order valence-corrected chi connectivity index (χ3v) is 17.1. The Morgan fingerprint density at radius 3 is 2.20 bits per heavy atom. The summed E-state index contributed by atoms with van der Waals surface area (Å²) in [6, 6.07) is 16.7. The van der Waals surface area contributed by atoms with Gasteiger partial charge < -0.3 is 40.5 Å². The lowest BCUT2D eigenvalue weighted by Crippen LogP contribution is -2.74. The Morgan fingerprint density at radius 1 is 0.932 bits per heavy atom. The minimum Gasteiger partial charge on any atom is -0.489 e. The molecule has 0 bridgehead atoms. The van der Waals surface area contributed by atoms with Crippen LogP contribution in [0, 0.1) is 40.4 Å². The second-order valence-electron chi connectivity index (χ2n) is 23.1. The Hall–Kier alpha value is -5.64. The molecule has 0 radical (unpaired) electrons. The average molecular weight is 1050 g/mol. The Labute approximate surface area is 445 Å². The first-order chi connectivity index (χ1) is 35.0. The highest BCUT2D eigenvalue weighted by atomic mass is 35.5. The first kappa shape index (κ1) is 54.6. The number of carbonyl (C=O) groups is 4. The van der Waals surface area contributed by atoms with Gasteiger partial charge in [0.25, 0.3) is 5.91 Å². The molecule has 8 rings (SSSR count). The Balaban J connectivity index is 0.758. The van der Waals surface area contributed by atoms with Gasteiger partial charge in [-0.3, -0.25) is 24.1 Å². The number of carbonyl (C=O) groups excluding carboxylic acids is 4. The molecule has 0 unspecified atom stereocenters. The summed E-state index contributed by atoms with van der Waals surface area (Å²) in [5.41, 5.74) is 4.25. The van der Waals surface area contributed by atoms with Crippen LogP contribution in [0.1, 0.15) is 108 Å². The molecule has 4 atom stereocenters. The first-order valence-electron chi connectivity index (χ1n) is 25.9. The van der Waals surface area contributed by atoms with Gasteiger partial charge in [-0.15, -0.1) is 11.3 Å². The maximum Gasteiger partial charge on any atom is 0.253 e. The second-order valence-corrected chi connectivity index (χ2v) is 24.4. The van der Waals surface area contributed by atoms with Crippen LogP contribution in [0.3, 0.4) is 0 Å². The molecule has 4 aliphatic rings. The predicted octanol–water partition coefficient (Wildman–Crippen LogP) is 6.85. The number of benzene rings is 2. The van der Waals surface area contributed by atoms with Crippen LogP contribution in [0.4, 0.5) is 5.82 Å². The number of aliphatic hydroxyl groups excluding tert-OH is 1. The highest BCUT2D eigenvalue weighted by molar-refractivity contribution is 7.13. The van der Waals surface area contributed by atoms with E-state index >= 15 is 0 Å². The smallest absolute Gasteiger partial charge is 0.253 e. The molecule has 3 aliphatic heterocycles. The number of nitrogens with zero attached hydrogens (tertiary/aromatic N) is 7. The third kappa shape index (κ3) is 12.1. The summed E-state index contributed by atoms with van der Waals surface area (Å²) < 4.78 is 6.39. The minimum atomic E-state index is -0.896. The number of pyridine rings is 1. The Morgan fingerprint density at radius 2 is 1.61 bits per heavy atom. The molecule has 1 saturated carbocycles. The molecule has 1 aliphatic carbocycles. The van der Waals surface area contributed by atoms with Crippen molar-refractivity contribution in [3.8, 4) is 22.3 Å². The zero-order valence-corrected chi connectivity index (χ0v) is 45.9. The lowest BCUT2D eigenvalue weighted by Gasteiger charge is -2.63. The summed E-state index contributed by atoms with van der Waals surface area (Å²) in [6.45, 7) is 23.9. The Kier molecular flexibility index (Phi) is 16.5. The predicted molar refractivity (Wildman–Crippen MR) is 288 cm³/mol. The van der Waals surface area contributed by atoms with Gasteiger partial charge in [0.1, 0.15) is 35.8 Å². The number of aryl methyl sites for hydroxylation is 1. The number of halogens is 1. The van der Waals surface area contributed by atoms with E-state index in [1.165, 1.54) is 4.90 Å². The standard InChI is InChI=1S/C56H73ClN10O6S/c1-34(37-10-12-38(13-11-37)47-35(2)60-33-74-47)61-50(71)44-26-41(68)31-67(44)51(72)48(54(3,4)5)62-46(69)32-65-24-22-64(23-25-65)30-36-18-20-66(21-19-36)45-17-15-40(29-59-45)49(70)63-52-55(6,7)53(56(52,8)9)73-42-16-14-39(28-58)43(57)27-42/h10-17,27,29,33-34,36,41,44,48,52-53,68H,18-26,30-32H2,1-9H3,(H,61,71)(H,62,69)(H,63,70)/t34-,41+,44-,48+,52-,53-/m0/s1. The van der Waals surface area contributed by atoms with E-state index in [4.69, 9.17) is 21.3 Å². The van der Waals surface area contributed by atoms with Gasteiger partial charge in [0.2, 0.25) is 17.7 Å². The van der Waals surface area contributed by atoms with Crippen LogP contribution < -0.4 is 25.6 Å². The van der Waals surface area contributed by atoms with Gasteiger partial charge in [0, 0.05) is 87.9 Å². The van der Waals surface area contributed by atoms with E-state index in [0.29, 0.717) is 27.8 Å². The molecule has 4 fully saturated rings. The van der Waals surface area contributed by atoms with Crippen molar-refractivity contribution in [1.29, 1.82) is 5.26 Å². The molecule has 5 heterocycles. The van der Waals surface area contributed by atoms with Crippen LogP contribution in [0.5, 0.6) is 5.75 Å². The number of ether oxygens (including phenoxy) is 1. The van der Waals surface area contributed by atoms with Crippen molar-refractivity contribution in [3.05, 3.63) is 93.7 Å². The third-order valence-electron chi connectivity index (χ3n) is 15.8. The molecule has 4 N–H and O–H groups in total. The number of rotatable bonds is 15. The molecule has 2 aromatic heterocycles. The van der Waals surface area contributed by atoms with Crippen LogP contribution in [0.2, 0.25) is 5.02 Å². The number of anilines is 1. The van der Waals surface area contributed by atoms with Crippen molar-refractivity contribution in [2.24, 2.45) is 22.2 Å².